The van der Waals surface area contributed by atoms with Crippen molar-refractivity contribution in [2.45, 2.75) is 58.3 Å². The number of carbonyl (C=O) groups is 3. The van der Waals surface area contributed by atoms with Gasteiger partial charge in [0.1, 0.15) is 6.10 Å². The Morgan fingerprint density at radius 1 is 1.30 bits per heavy atom. The Morgan fingerprint density at radius 2 is 2.00 bits per heavy atom. The van der Waals surface area contributed by atoms with Crippen molar-refractivity contribution >= 4 is 17.9 Å². The first-order valence-corrected chi connectivity index (χ1v) is 10.1. The number of rotatable bonds is 6. The topological polar surface area (TPSA) is 119 Å². The third kappa shape index (κ3) is 5.37. The number of ether oxygens (including phenoxy) is 3. The molecule has 0 saturated carbocycles. The van der Waals surface area contributed by atoms with Crippen molar-refractivity contribution in [3.63, 3.8) is 0 Å². The molecule has 0 aromatic carbocycles. The largest absolute Gasteiger partial charge is 0.457 e. The second-order valence-corrected chi connectivity index (χ2v) is 7.62. The maximum atomic E-state index is 12.7. The van der Waals surface area contributed by atoms with Gasteiger partial charge in [-0.15, -0.1) is 0 Å². The highest BCUT2D eigenvalue weighted by Crippen LogP contribution is 2.37. The number of aliphatic hydroxyl groups excluding tert-OH is 2. The molecule has 5 atom stereocenters. The monoisotopic (exact) mass is 422 g/mol. The van der Waals surface area contributed by atoms with Gasteiger partial charge in [-0.1, -0.05) is 26.5 Å². The standard InChI is InChI=1S/C22H30O8/c1-5-12(2)21(26)30-20-18-13(3)22(27)29-17(18)9-15(10-23)7-6-8-16(11-24)19(20)28-14(4)25/h8-9,12,17-20,23-24H,3,5-7,10-11H2,1-2,4H3/b15-9-,16-8+/t12-,17-,18+,19+,20+/m1/s1. The fourth-order valence-corrected chi connectivity index (χ4v) is 3.56. The second-order valence-electron chi connectivity index (χ2n) is 7.62. The molecule has 0 unspecified atom stereocenters. The Balaban J connectivity index is 2.61. The lowest BCUT2D eigenvalue weighted by molar-refractivity contribution is -0.171. The van der Waals surface area contributed by atoms with Gasteiger partial charge in [0.2, 0.25) is 0 Å². The summed E-state index contributed by atoms with van der Waals surface area (Å²) in [6, 6.07) is 0. The predicted octanol–water partition coefficient (Wildman–Crippen LogP) is 1.60. The number of carbonyl (C=O) groups excluding carboxylic acids is 3. The molecular formula is C22H30O8. The lowest BCUT2D eigenvalue weighted by Crippen LogP contribution is -2.46. The molecule has 0 aromatic rings. The highest BCUT2D eigenvalue weighted by molar-refractivity contribution is 5.91. The van der Waals surface area contributed by atoms with E-state index in [9.17, 15) is 24.6 Å². The van der Waals surface area contributed by atoms with Crippen LogP contribution in [0, 0.1) is 11.8 Å². The molecule has 2 N–H and O–H groups in total. The van der Waals surface area contributed by atoms with Crippen LogP contribution in [0.2, 0.25) is 0 Å². The van der Waals surface area contributed by atoms with Crippen molar-refractivity contribution in [2.75, 3.05) is 13.2 Å². The lowest BCUT2D eigenvalue weighted by atomic mass is 9.83. The van der Waals surface area contributed by atoms with E-state index in [-0.39, 0.29) is 12.2 Å². The van der Waals surface area contributed by atoms with Crippen LogP contribution in [0.15, 0.2) is 35.5 Å². The summed E-state index contributed by atoms with van der Waals surface area (Å²) >= 11 is 0. The number of hydrogen-bond acceptors (Lipinski definition) is 8. The Kier molecular flexibility index (Phi) is 8.37. The Hall–Kier alpha value is -2.45. The minimum atomic E-state index is -1.13. The molecular weight excluding hydrogens is 392 g/mol. The van der Waals surface area contributed by atoms with Gasteiger partial charge < -0.3 is 24.4 Å². The van der Waals surface area contributed by atoms with Crippen LogP contribution >= 0.6 is 0 Å². The SMILES string of the molecule is C=C1C(=O)O[C@@H]2/C=C(\CO)CC/C=C(\CO)[C@H](OC(C)=O)[C@@H](OC(=O)[C@H](C)CC)[C@@H]12. The van der Waals surface area contributed by atoms with E-state index in [2.05, 4.69) is 6.58 Å². The maximum Gasteiger partial charge on any atom is 0.334 e. The van der Waals surface area contributed by atoms with Crippen molar-refractivity contribution in [2.24, 2.45) is 11.8 Å². The zero-order chi connectivity index (χ0) is 22.4. The summed E-state index contributed by atoms with van der Waals surface area (Å²) in [6.45, 7) is 7.89. The maximum absolute atomic E-state index is 12.7. The van der Waals surface area contributed by atoms with Gasteiger partial charge in [0.15, 0.2) is 12.2 Å². The average Bonchev–Trinajstić information content (AvgIpc) is 2.99. The van der Waals surface area contributed by atoms with Crippen molar-refractivity contribution < 1.29 is 38.8 Å². The Bertz CT molecular complexity index is 750. The van der Waals surface area contributed by atoms with Gasteiger partial charge in [0.05, 0.1) is 25.0 Å². The molecule has 30 heavy (non-hydrogen) atoms. The van der Waals surface area contributed by atoms with E-state index in [4.69, 9.17) is 14.2 Å². The molecule has 8 nitrogen and oxygen atoms in total. The molecule has 1 saturated heterocycles. The predicted molar refractivity (Wildman–Crippen MR) is 107 cm³/mol. The molecule has 0 amide bonds. The molecule has 8 heteroatoms. The first-order chi connectivity index (χ1) is 14.2. The van der Waals surface area contributed by atoms with Gasteiger partial charge >= 0.3 is 17.9 Å². The van der Waals surface area contributed by atoms with E-state index in [1.165, 1.54) is 6.92 Å². The molecule has 0 spiro atoms. The molecule has 1 heterocycles. The third-order valence-electron chi connectivity index (χ3n) is 5.50. The molecule has 1 aliphatic carbocycles. The summed E-state index contributed by atoms with van der Waals surface area (Å²) in [5.41, 5.74) is 1.06. The van der Waals surface area contributed by atoms with Gasteiger partial charge in [-0.3, -0.25) is 9.59 Å². The molecule has 0 radical (unpaired) electrons. The van der Waals surface area contributed by atoms with Gasteiger partial charge in [0.25, 0.3) is 0 Å². The quantitative estimate of drug-likeness (QED) is 0.287. The van der Waals surface area contributed by atoms with E-state index in [1.807, 2.05) is 6.92 Å². The summed E-state index contributed by atoms with van der Waals surface area (Å²) < 4.78 is 16.7. The van der Waals surface area contributed by atoms with Crippen LogP contribution in [0.25, 0.3) is 0 Å². The molecule has 0 bridgehead atoms. The van der Waals surface area contributed by atoms with Gasteiger partial charge in [-0.25, -0.2) is 4.79 Å². The minimum absolute atomic E-state index is 0.0745. The van der Waals surface area contributed by atoms with Gasteiger partial charge in [-0.05, 0) is 36.5 Å². The van der Waals surface area contributed by atoms with E-state index < -0.39 is 54.7 Å². The normalized spacial score (nSPS) is 31.4. The smallest absolute Gasteiger partial charge is 0.334 e. The number of fused-ring (bicyclic) bond motifs is 1. The summed E-state index contributed by atoms with van der Waals surface area (Å²) in [4.78, 5) is 36.8. The second kappa shape index (κ2) is 10.5. The highest BCUT2D eigenvalue weighted by atomic mass is 16.6. The summed E-state index contributed by atoms with van der Waals surface area (Å²) in [5.74, 6) is -3.07. The highest BCUT2D eigenvalue weighted by Gasteiger charge is 2.49. The van der Waals surface area contributed by atoms with Crippen molar-refractivity contribution in [1.82, 2.24) is 0 Å². The number of esters is 3. The van der Waals surface area contributed by atoms with Crippen molar-refractivity contribution in [3.05, 3.63) is 35.5 Å². The number of aliphatic hydroxyl groups is 2. The lowest BCUT2D eigenvalue weighted by Gasteiger charge is -2.34. The molecule has 1 aliphatic heterocycles. The van der Waals surface area contributed by atoms with E-state index in [0.717, 1.165) is 0 Å². The van der Waals surface area contributed by atoms with Gasteiger partial charge in [0, 0.05) is 12.5 Å². The first-order valence-electron chi connectivity index (χ1n) is 10.1. The van der Waals surface area contributed by atoms with E-state index >= 15 is 0 Å². The van der Waals surface area contributed by atoms with E-state index in [0.29, 0.717) is 30.4 Å². The van der Waals surface area contributed by atoms with Crippen molar-refractivity contribution in [1.29, 1.82) is 0 Å². The van der Waals surface area contributed by atoms with Crippen LogP contribution in [0.1, 0.15) is 40.0 Å². The van der Waals surface area contributed by atoms with Crippen LogP contribution in [-0.4, -0.2) is 59.6 Å². The molecule has 2 rings (SSSR count). The fraction of sp³-hybridized carbons (Fsp3) is 0.591. The van der Waals surface area contributed by atoms with E-state index in [1.54, 1.807) is 19.1 Å². The first kappa shape index (κ1) is 23.8. The Labute approximate surface area is 176 Å². The van der Waals surface area contributed by atoms with Gasteiger partial charge in [-0.2, -0.15) is 0 Å². The van der Waals surface area contributed by atoms with Crippen LogP contribution in [0.5, 0.6) is 0 Å². The fourth-order valence-electron chi connectivity index (χ4n) is 3.56. The summed E-state index contributed by atoms with van der Waals surface area (Å²) in [7, 11) is 0. The molecule has 0 aromatic heterocycles. The van der Waals surface area contributed by atoms with Crippen LogP contribution in [-0.2, 0) is 28.6 Å². The van der Waals surface area contributed by atoms with Crippen LogP contribution in [0.4, 0.5) is 0 Å². The third-order valence-corrected chi connectivity index (χ3v) is 5.50. The van der Waals surface area contributed by atoms with Crippen molar-refractivity contribution in [3.8, 4) is 0 Å². The number of hydrogen-bond donors (Lipinski definition) is 2. The molecule has 1 fully saturated rings. The summed E-state index contributed by atoms with van der Waals surface area (Å²) in [6.07, 6.45) is 1.67. The summed E-state index contributed by atoms with van der Waals surface area (Å²) in [5, 5.41) is 19.6. The van der Waals surface area contributed by atoms with Crippen LogP contribution < -0.4 is 0 Å². The Morgan fingerprint density at radius 3 is 2.57 bits per heavy atom. The average molecular weight is 422 g/mol. The minimum Gasteiger partial charge on any atom is -0.457 e. The number of allylic oxidation sites excluding steroid dienone is 1. The molecule has 166 valence electrons. The zero-order valence-electron chi connectivity index (χ0n) is 17.6. The zero-order valence-corrected chi connectivity index (χ0v) is 17.6. The molecule has 2 aliphatic rings. The van der Waals surface area contributed by atoms with Crippen LogP contribution in [0.3, 0.4) is 0 Å².